The van der Waals surface area contributed by atoms with Crippen molar-refractivity contribution in [3.05, 3.63) is 57.6 Å². The Hall–Kier alpha value is -6.27. The van der Waals surface area contributed by atoms with Gasteiger partial charge in [0.15, 0.2) is 0 Å². The molecule has 5 fully saturated rings. The number of aliphatic carboxylic acids is 1. The molecule has 0 aromatic heterocycles. The van der Waals surface area contributed by atoms with Gasteiger partial charge < -0.3 is 56.0 Å². The number of fused-ring (bicyclic) bond motifs is 1. The van der Waals surface area contributed by atoms with Crippen LogP contribution < -0.4 is 36.5 Å². The van der Waals surface area contributed by atoms with Crippen LogP contribution in [0.2, 0.25) is 0 Å². The molecule has 8 N–H and O–H groups in total. The number of carbonyl (C=O) groups excluding carboxylic acids is 6. The van der Waals surface area contributed by atoms with E-state index in [-0.39, 0.29) is 97.5 Å². The molecule has 8 rings (SSSR count). The van der Waals surface area contributed by atoms with E-state index < -0.39 is 71.0 Å². The summed E-state index contributed by atoms with van der Waals surface area (Å²) >= 11 is 0. The van der Waals surface area contributed by atoms with Crippen molar-refractivity contribution in [3.63, 3.8) is 0 Å². The molecule has 0 radical (unpaired) electrons. The first kappa shape index (κ1) is 61.4. The lowest BCUT2D eigenvalue weighted by Crippen LogP contribution is -2.65. The van der Waals surface area contributed by atoms with Crippen LogP contribution in [0.15, 0.2) is 34.2 Å². The molecule has 6 amide bonds. The van der Waals surface area contributed by atoms with E-state index in [1.165, 1.54) is 4.90 Å². The van der Waals surface area contributed by atoms with E-state index in [0.29, 0.717) is 65.6 Å². The summed E-state index contributed by atoms with van der Waals surface area (Å²) in [6.45, 7) is 18.0. The second kappa shape index (κ2) is 24.8. The molecule has 6 aliphatic rings. The quantitative estimate of drug-likeness (QED) is 0.0343. The summed E-state index contributed by atoms with van der Waals surface area (Å²) in [5.74, 6) is -2.63. The van der Waals surface area contributed by atoms with E-state index >= 15 is 0 Å². The molecule has 2 aromatic carbocycles. The Morgan fingerprint density at radius 1 is 0.900 bits per heavy atom. The predicted octanol–water partition coefficient (Wildman–Crippen LogP) is 3.49. The average Bonchev–Trinajstić information content (AvgIpc) is 4.16. The number of hydrogen-bond acceptors (Lipinski definition) is 13. The van der Waals surface area contributed by atoms with E-state index in [0.717, 1.165) is 36.8 Å². The number of benzene rings is 2. The van der Waals surface area contributed by atoms with E-state index in [1.807, 2.05) is 25.7 Å². The van der Waals surface area contributed by atoms with Gasteiger partial charge in [-0.2, -0.15) is 0 Å². The molecule has 3 aliphatic carbocycles. The van der Waals surface area contributed by atoms with Crippen LogP contribution in [0, 0.1) is 38.0 Å². The molecule has 3 aliphatic heterocycles. The Morgan fingerprint density at radius 3 is 2.27 bits per heavy atom. The van der Waals surface area contributed by atoms with Crippen molar-refractivity contribution in [1.29, 1.82) is 0 Å². The first-order valence-electron chi connectivity index (χ1n) is 28.0. The van der Waals surface area contributed by atoms with Gasteiger partial charge in [0.25, 0.3) is 15.9 Å². The smallest absolute Gasteiger partial charge is 0.481 e. The molecule has 80 heavy (non-hydrogen) atoms. The minimum atomic E-state index is -4.17. The second-order valence-corrected chi connectivity index (χ2v) is 25.4. The van der Waals surface area contributed by atoms with Gasteiger partial charge in [-0.3, -0.25) is 38.6 Å². The number of nitrogens with two attached hydrogens (primary N) is 1. The zero-order valence-electron chi connectivity index (χ0n) is 48.0. The number of rotatable bonds is 24. The average molecular weight is 1130 g/mol. The Labute approximate surface area is 470 Å². The fourth-order valence-electron chi connectivity index (χ4n) is 12.5. The lowest BCUT2D eigenvalue weighted by atomic mass is 9.43. The zero-order chi connectivity index (χ0) is 58.6. The summed E-state index contributed by atoms with van der Waals surface area (Å²) in [7, 11) is -3.11. The predicted molar refractivity (Wildman–Crippen MR) is 298 cm³/mol. The minimum Gasteiger partial charge on any atom is -0.487 e. The van der Waals surface area contributed by atoms with Crippen LogP contribution in [0.1, 0.15) is 150 Å². The van der Waals surface area contributed by atoms with Crippen molar-refractivity contribution in [2.75, 3.05) is 33.2 Å². The Balaban J connectivity index is 0.841. The fourth-order valence-corrected chi connectivity index (χ4v) is 14.0. The monoisotopic (exact) mass is 1130 g/mol. The van der Waals surface area contributed by atoms with Crippen LogP contribution in [-0.2, 0) is 61.1 Å². The van der Waals surface area contributed by atoms with Gasteiger partial charge in [0.05, 0.1) is 22.5 Å². The highest BCUT2D eigenvalue weighted by Crippen LogP contribution is 2.66. The molecule has 7 atom stereocenters. The van der Waals surface area contributed by atoms with Gasteiger partial charge in [-0.25, -0.2) is 13.1 Å². The Bertz CT molecular complexity index is 2860. The number of ether oxygens (including phenoxy) is 1. The number of likely N-dealkylation sites (N-methyl/N-ethyl adjacent to an activating group) is 1. The first-order valence-corrected chi connectivity index (χ1v) is 29.5. The number of unbranched alkanes of at least 4 members (excludes halogenated alkanes) is 1. The van der Waals surface area contributed by atoms with Crippen molar-refractivity contribution in [3.8, 4) is 5.75 Å². The van der Waals surface area contributed by atoms with E-state index in [2.05, 4.69) is 51.8 Å². The number of carboxylic acids is 1. The highest BCUT2D eigenvalue weighted by atomic mass is 32.2. The lowest BCUT2D eigenvalue weighted by molar-refractivity contribution is -0.199. The van der Waals surface area contributed by atoms with Gasteiger partial charge in [-0.1, -0.05) is 26.0 Å². The molecule has 438 valence electrons. The maximum absolute atomic E-state index is 13.8. The molecule has 24 heteroatoms. The van der Waals surface area contributed by atoms with Crippen LogP contribution in [0.25, 0.3) is 0 Å². The summed E-state index contributed by atoms with van der Waals surface area (Å²) < 4.78 is 49.1. The number of nitrogens with one attached hydrogen (secondary N) is 5. The van der Waals surface area contributed by atoms with Crippen molar-refractivity contribution in [2.24, 2.45) is 28.0 Å². The highest BCUT2D eigenvalue weighted by Gasteiger charge is 2.69. The molecular formula is C56H82BN9O13S. The number of likely N-dealkylation sites (tertiary alicyclic amines) is 1. The zero-order valence-corrected chi connectivity index (χ0v) is 48.9. The van der Waals surface area contributed by atoms with E-state index in [1.54, 1.807) is 52.1 Å². The topological polar surface area (TPSA) is 307 Å². The van der Waals surface area contributed by atoms with Crippen LogP contribution in [0.3, 0.4) is 0 Å². The van der Waals surface area contributed by atoms with Crippen LogP contribution in [0.4, 0.5) is 0 Å². The number of amides is 6. The fraction of sp³-hybridized carbons (Fsp3) is 0.643. The first-order chi connectivity index (χ1) is 37.5. The molecule has 2 bridgehead atoms. The maximum atomic E-state index is 13.8. The summed E-state index contributed by atoms with van der Waals surface area (Å²) in [5.41, 5.74) is 9.18. The number of aliphatic imine (C=N–C) groups is 1. The van der Waals surface area contributed by atoms with Crippen molar-refractivity contribution >= 4 is 64.5 Å². The van der Waals surface area contributed by atoms with Crippen molar-refractivity contribution in [2.45, 2.75) is 186 Å². The Kier molecular flexibility index (Phi) is 19.1. The molecule has 3 heterocycles. The number of carbonyl (C=O) groups is 7. The number of nitrogens with zero attached hydrogens (tertiary/aromatic N) is 3. The normalized spacial score (nSPS) is 23.1. The van der Waals surface area contributed by atoms with Crippen molar-refractivity contribution < 1.29 is 61.1 Å². The SMILES string of the molecule is Cc1c(C)c(S(=O)(=O)NC(N)=NCCC[C@H](NC(=O)CCC(=O)NCC(=O)O)C(=O)N(C)CCCCC(=O)NCc2ccc(C(=O)N[C@H](C)C(=O)N3CCC[C@H]3B3OC4C[C@@H]5C[C@@H](C5(C)C)[C@]4(C)O3)cc2)c(C)c2c1OC(C)(C)C2. The van der Waals surface area contributed by atoms with Gasteiger partial charge in [0, 0.05) is 70.0 Å². The van der Waals surface area contributed by atoms with Crippen molar-refractivity contribution in [1.82, 2.24) is 35.8 Å². The van der Waals surface area contributed by atoms with Crippen LogP contribution in [-0.4, -0.2) is 146 Å². The third-order valence-corrected chi connectivity index (χ3v) is 18.8. The molecule has 2 aromatic rings. The second-order valence-electron chi connectivity index (χ2n) is 23.8. The van der Waals surface area contributed by atoms with Crippen LogP contribution in [0.5, 0.6) is 5.75 Å². The summed E-state index contributed by atoms with van der Waals surface area (Å²) in [4.78, 5) is 97.3. The largest absolute Gasteiger partial charge is 0.487 e. The van der Waals surface area contributed by atoms with E-state index in [9.17, 15) is 42.0 Å². The molecule has 22 nitrogen and oxygen atoms in total. The standard InChI is InChI=1S/C56H82BN9O13S/c1-32-33(2)49(34(3)39-29-54(5,6)77-48(32)39)80(75,76)64-53(58)59-24-13-15-40(63-46(69)23-22-45(68)61-31-47(70)71)52(74)65(10)25-12-11-17-44(67)60-30-36-18-20-37(21-19-36)50(72)62-35(4)51(73)66-26-14-16-43(66)57-78-42-28-38-27-41(55(38,7)8)56(42,9)79-57/h18-21,35,38,40-43H,11-17,22-31H2,1-10H3,(H,60,67)(H,61,68)(H,62,72)(H,63,69)(H,70,71)(H3,58,59,64)/t35-,38+,40+,41+,42?,43+,56+/m1/s1. The number of hydrogen-bond donors (Lipinski definition) is 7. The minimum absolute atomic E-state index is 0.0127. The van der Waals surface area contributed by atoms with Gasteiger partial charge in [0.1, 0.15) is 30.0 Å². The maximum Gasteiger partial charge on any atom is 0.481 e. The summed E-state index contributed by atoms with van der Waals surface area (Å²) in [6, 6.07) is 4.92. The highest BCUT2D eigenvalue weighted by molar-refractivity contribution is 7.90. The van der Waals surface area contributed by atoms with Gasteiger partial charge >= 0.3 is 13.1 Å². The Morgan fingerprint density at radius 2 is 1.59 bits per heavy atom. The molecule has 0 spiro atoms. The lowest BCUT2D eigenvalue weighted by Gasteiger charge is -2.64. The molecule has 3 saturated carbocycles. The number of sulfonamides is 1. The molecular weight excluding hydrogens is 1050 g/mol. The van der Waals surface area contributed by atoms with Gasteiger partial charge in [-0.15, -0.1) is 0 Å². The number of carboxylic acid groups (broad SMARTS) is 1. The van der Waals surface area contributed by atoms with E-state index in [4.69, 9.17) is 24.9 Å². The van der Waals surface area contributed by atoms with Gasteiger partial charge in [-0.05, 0) is 151 Å². The summed E-state index contributed by atoms with van der Waals surface area (Å²) in [5, 5.41) is 19.5. The number of guanidine groups is 1. The third-order valence-electron chi connectivity index (χ3n) is 17.2. The van der Waals surface area contributed by atoms with Gasteiger partial charge in [0.2, 0.25) is 35.5 Å². The molecule has 2 saturated heterocycles. The summed E-state index contributed by atoms with van der Waals surface area (Å²) in [6.07, 6.45) is 4.91. The van der Waals surface area contributed by atoms with Crippen LogP contribution >= 0.6 is 0 Å². The molecule has 1 unspecified atom stereocenters. The third kappa shape index (κ3) is 13.9.